The summed E-state index contributed by atoms with van der Waals surface area (Å²) in [5.74, 6) is -0.701. The summed E-state index contributed by atoms with van der Waals surface area (Å²) in [6.45, 7) is 0. The van der Waals surface area contributed by atoms with Gasteiger partial charge in [-0.25, -0.2) is 4.39 Å². The smallest absolute Gasteiger partial charge is 0.311 e. The Morgan fingerprint density at radius 3 is 2.86 bits per heavy atom. The van der Waals surface area contributed by atoms with Crippen molar-refractivity contribution < 1.29 is 18.7 Å². The SMILES string of the molecule is COC(=O)Cc1ncc(F)cc1OC. The van der Waals surface area contributed by atoms with Crippen LogP contribution in [0.15, 0.2) is 12.3 Å². The van der Waals surface area contributed by atoms with Crippen molar-refractivity contribution in [3.63, 3.8) is 0 Å². The van der Waals surface area contributed by atoms with E-state index in [2.05, 4.69) is 9.72 Å². The molecule has 0 atom stereocenters. The second kappa shape index (κ2) is 4.55. The first-order valence-electron chi connectivity index (χ1n) is 3.92. The molecule has 0 radical (unpaired) electrons. The molecule has 14 heavy (non-hydrogen) atoms. The second-order valence-electron chi connectivity index (χ2n) is 2.56. The van der Waals surface area contributed by atoms with Crippen LogP contribution >= 0.6 is 0 Å². The molecule has 0 amide bonds. The maximum atomic E-state index is 12.7. The number of carbonyl (C=O) groups is 1. The Kier molecular flexibility index (Phi) is 3.39. The first kappa shape index (κ1) is 10.4. The van der Waals surface area contributed by atoms with E-state index in [0.29, 0.717) is 5.69 Å². The molecular weight excluding hydrogens is 189 g/mol. The normalized spacial score (nSPS) is 9.64. The highest BCUT2D eigenvalue weighted by Crippen LogP contribution is 2.17. The first-order chi connectivity index (χ1) is 6.67. The number of aromatic nitrogens is 1. The highest BCUT2D eigenvalue weighted by molar-refractivity contribution is 5.72. The van der Waals surface area contributed by atoms with Gasteiger partial charge < -0.3 is 9.47 Å². The number of methoxy groups -OCH3 is 2. The Hall–Kier alpha value is -1.65. The second-order valence-corrected chi connectivity index (χ2v) is 2.56. The molecule has 1 heterocycles. The summed E-state index contributed by atoms with van der Waals surface area (Å²) in [5, 5.41) is 0. The van der Waals surface area contributed by atoms with Crippen molar-refractivity contribution in [1.82, 2.24) is 4.98 Å². The number of halogens is 1. The monoisotopic (exact) mass is 199 g/mol. The Morgan fingerprint density at radius 1 is 1.57 bits per heavy atom. The lowest BCUT2D eigenvalue weighted by Crippen LogP contribution is -2.07. The van der Waals surface area contributed by atoms with Crippen LogP contribution in [0.2, 0.25) is 0 Å². The van der Waals surface area contributed by atoms with Crippen LogP contribution in [-0.2, 0) is 16.0 Å². The quantitative estimate of drug-likeness (QED) is 0.680. The molecule has 0 aliphatic rings. The van der Waals surface area contributed by atoms with Gasteiger partial charge in [-0.05, 0) is 0 Å². The molecule has 4 nitrogen and oxygen atoms in total. The van der Waals surface area contributed by atoms with E-state index in [1.807, 2.05) is 0 Å². The van der Waals surface area contributed by atoms with Crippen molar-refractivity contribution in [2.75, 3.05) is 14.2 Å². The highest BCUT2D eigenvalue weighted by atomic mass is 19.1. The molecule has 76 valence electrons. The summed E-state index contributed by atoms with van der Waals surface area (Å²) in [5.41, 5.74) is 0.362. The van der Waals surface area contributed by atoms with Crippen molar-refractivity contribution >= 4 is 5.97 Å². The van der Waals surface area contributed by atoms with Crippen LogP contribution in [-0.4, -0.2) is 25.2 Å². The average Bonchev–Trinajstić information content (AvgIpc) is 2.20. The van der Waals surface area contributed by atoms with Gasteiger partial charge in [-0.1, -0.05) is 0 Å². The fourth-order valence-electron chi connectivity index (χ4n) is 0.967. The van der Waals surface area contributed by atoms with E-state index in [1.54, 1.807) is 0 Å². The van der Waals surface area contributed by atoms with Crippen LogP contribution in [0.25, 0.3) is 0 Å². The topological polar surface area (TPSA) is 48.4 Å². The van der Waals surface area contributed by atoms with Crippen molar-refractivity contribution in [3.05, 3.63) is 23.8 Å². The van der Waals surface area contributed by atoms with Crippen LogP contribution < -0.4 is 4.74 Å². The number of carbonyl (C=O) groups excluding carboxylic acids is 1. The minimum atomic E-state index is -0.504. The molecule has 1 aromatic heterocycles. The molecule has 0 unspecified atom stereocenters. The first-order valence-corrected chi connectivity index (χ1v) is 3.92. The number of nitrogens with zero attached hydrogens (tertiary/aromatic N) is 1. The zero-order valence-corrected chi connectivity index (χ0v) is 7.91. The zero-order valence-electron chi connectivity index (χ0n) is 7.91. The molecule has 0 aromatic carbocycles. The van der Waals surface area contributed by atoms with Crippen LogP contribution in [0.5, 0.6) is 5.75 Å². The lowest BCUT2D eigenvalue weighted by Gasteiger charge is -2.05. The summed E-state index contributed by atoms with van der Waals surface area (Å²) >= 11 is 0. The molecular formula is C9H10FNO3. The van der Waals surface area contributed by atoms with Crippen LogP contribution in [0.3, 0.4) is 0 Å². The van der Waals surface area contributed by atoms with E-state index in [9.17, 15) is 9.18 Å². The van der Waals surface area contributed by atoms with E-state index in [1.165, 1.54) is 20.3 Å². The number of hydrogen-bond donors (Lipinski definition) is 0. The molecule has 0 saturated carbocycles. The fraction of sp³-hybridized carbons (Fsp3) is 0.333. The van der Waals surface area contributed by atoms with Gasteiger partial charge in [0, 0.05) is 6.07 Å². The van der Waals surface area contributed by atoms with Crippen molar-refractivity contribution in [1.29, 1.82) is 0 Å². The third-order valence-electron chi connectivity index (χ3n) is 1.66. The van der Waals surface area contributed by atoms with Gasteiger partial charge in [-0.3, -0.25) is 9.78 Å². The Bertz CT molecular complexity index is 341. The molecule has 0 fully saturated rings. The van der Waals surface area contributed by atoms with Gasteiger partial charge in [0.1, 0.15) is 11.6 Å². The van der Waals surface area contributed by atoms with Crippen LogP contribution in [0, 0.1) is 5.82 Å². The lowest BCUT2D eigenvalue weighted by molar-refractivity contribution is -0.139. The van der Waals surface area contributed by atoms with E-state index in [-0.39, 0.29) is 12.2 Å². The molecule has 0 saturated heterocycles. The maximum Gasteiger partial charge on any atom is 0.311 e. The number of hydrogen-bond acceptors (Lipinski definition) is 4. The molecule has 0 bridgehead atoms. The van der Waals surface area contributed by atoms with Gasteiger partial charge in [-0.15, -0.1) is 0 Å². The summed E-state index contributed by atoms with van der Waals surface area (Å²) in [4.78, 5) is 14.7. The van der Waals surface area contributed by atoms with Crippen molar-refractivity contribution in [2.45, 2.75) is 6.42 Å². The molecule has 1 aromatic rings. The standard InChI is InChI=1S/C9H10FNO3/c1-13-8-3-6(10)5-11-7(8)4-9(12)14-2/h3,5H,4H2,1-2H3. The number of ether oxygens (including phenoxy) is 2. The predicted molar refractivity (Wildman–Crippen MR) is 46.5 cm³/mol. The third-order valence-corrected chi connectivity index (χ3v) is 1.66. The van der Waals surface area contributed by atoms with E-state index >= 15 is 0 Å². The van der Waals surface area contributed by atoms with E-state index < -0.39 is 11.8 Å². The minimum absolute atomic E-state index is 0.0278. The molecule has 0 aliphatic heterocycles. The predicted octanol–water partition coefficient (Wildman–Crippen LogP) is 0.945. The Labute approximate surface area is 80.7 Å². The zero-order chi connectivity index (χ0) is 10.6. The van der Waals surface area contributed by atoms with Gasteiger partial charge in [-0.2, -0.15) is 0 Å². The summed E-state index contributed by atoms with van der Waals surface area (Å²) in [6.07, 6.45) is 1.00. The third kappa shape index (κ3) is 2.42. The van der Waals surface area contributed by atoms with Gasteiger partial charge in [0.15, 0.2) is 0 Å². The summed E-state index contributed by atoms with van der Waals surface area (Å²) < 4.78 is 22.0. The molecule has 1 rings (SSSR count). The highest BCUT2D eigenvalue weighted by Gasteiger charge is 2.10. The average molecular weight is 199 g/mol. The molecule has 0 aliphatic carbocycles. The summed E-state index contributed by atoms with van der Waals surface area (Å²) in [6, 6.07) is 1.17. The van der Waals surface area contributed by atoms with Crippen molar-refractivity contribution in [3.8, 4) is 5.75 Å². The molecule has 0 N–H and O–H groups in total. The Balaban J connectivity index is 2.90. The number of pyridine rings is 1. The van der Waals surface area contributed by atoms with Gasteiger partial charge >= 0.3 is 5.97 Å². The number of esters is 1. The lowest BCUT2D eigenvalue weighted by atomic mass is 10.2. The van der Waals surface area contributed by atoms with Gasteiger partial charge in [0.2, 0.25) is 0 Å². The number of rotatable bonds is 3. The van der Waals surface area contributed by atoms with Crippen LogP contribution in [0.4, 0.5) is 4.39 Å². The van der Waals surface area contributed by atoms with E-state index in [0.717, 1.165) is 6.20 Å². The molecule has 0 spiro atoms. The maximum absolute atomic E-state index is 12.7. The Morgan fingerprint density at radius 2 is 2.29 bits per heavy atom. The van der Waals surface area contributed by atoms with Gasteiger partial charge in [0.05, 0.1) is 32.5 Å². The minimum Gasteiger partial charge on any atom is -0.495 e. The molecule has 5 heteroatoms. The summed E-state index contributed by atoms with van der Waals surface area (Å²) in [7, 11) is 2.66. The largest absolute Gasteiger partial charge is 0.495 e. The van der Waals surface area contributed by atoms with Crippen LogP contribution in [0.1, 0.15) is 5.69 Å². The van der Waals surface area contributed by atoms with Crippen molar-refractivity contribution in [2.24, 2.45) is 0 Å². The fourth-order valence-corrected chi connectivity index (χ4v) is 0.967. The van der Waals surface area contributed by atoms with E-state index in [4.69, 9.17) is 4.74 Å². The van der Waals surface area contributed by atoms with Gasteiger partial charge in [0.25, 0.3) is 0 Å².